The maximum absolute atomic E-state index is 6.15. The fourth-order valence-corrected chi connectivity index (χ4v) is 3.54. The molecule has 2 nitrogen and oxygen atoms in total. The van der Waals surface area contributed by atoms with Crippen molar-refractivity contribution in [3.05, 3.63) is 33.3 Å². The van der Waals surface area contributed by atoms with E-state index in [-0.39, 0.29) is 0 Å². The zero-order valence-corrected chi connectivity index (χ0v) is 13.8. The summed E-state index contributed by atoms with van der Waals surface area (Å²) in [5.74, 6) is 0.643. The van der Waals surface area contributed by atoms with Gasteiger partial charge in [-0.05, 0) is 66.0 Å². The van der Waals surface area contributed by atoms with Crippen LogP contribution < -0.4 is 5.73 Å². The Morgan fingerprint density at radius 1 is 1.37 bits per heavy atom. The van der Waals surface area contributed by atoms with Gasteiger partial charge in [-0.3, -0.25) is 4.90 Å². The Hall–Kier alpha value is -0.0900. The Labute approximate surface area is 129 Å². The minimum atomic E-state index is 0.612. The Morgan fingerprint density at radius 3 is 2.79 bits per heavy atom. The average molecular weight is 346 g/mol. The largest absolute Gasteiger partial charge is 0.330 e. The van der Waals surface area contributed by atoms with Crippen LogP contribution in [-0.4, -0.2) is 24.5 Å². The van der Waals surface area contributed by atoms with Crippen molar-refractivity contribution in [3.63, 3.8) is 0 Å². The summed E-state index contributed by atoms with van der Waals surface area (Å²) in [5, 5.41) is 0.782. The van der Waals surface area contributed by atoms with Crippen molar-refractivity contribution in [1.29, 1.82) is 0 Å². The third kappa shape index (κ3) is 3.94. The molecular weight excluding hydrogens is 324 g/mol. The molecule has 1 aromatic carbocycles. The summed E-state index contributed by atoms with van der Waals surface area (Å²) in [5.41, 5.74) is 7.18. The molecule has 0 amide bonds. The maximum atomic E-state index is 6.15. The third-order valence-corrected chi connectivity index (χ3v) is 5.39. The van der Waals surface area contributed by atoms with Crippen LogP contribution in [0.25, 0.3) is 0 Å². The molecule has 0 bridgehead atoms. The van der Waals surface area contributed by atoms with Gasteiger partial charge in [0.1, 0.15) is 0 Å². The molecule has 1 aromatic rings. The van der Waals surface area contributed by atoms with Crippen LogP contribution >= 0.6 is 27.5 Å². The number of benzene rings is 1. The molecule has 0 saturated heterocycles. The number of nitrogens with two attached hydrogens (primary N) is 1. The standard InChI is InChI=1S/C15H22BrClN2/c1-19(15-5-3-2-4-12(15)9-18)10-11-6-7-13(16)14(17)8-11/h6-8,12,15H,2-5,9-10,18H2,1H3. The van der Waals surface area contributed by atoms with E-state index in [9.17, 15) is 0 Å². The summed E-state index contributed by atoms with van der Waals surface area (Å²) in [6, 6.07) is 6.81. The predicted molar refractivity (Wildman–Crippen MR) is 85.4 cm³/mol. The SMILES string of the molecule is CN(Cc1ccc(Br)c(Cl)c1)C1CCCCC1CN. The first-order chi connectivity index (χ1) is 9.11. The van der Waals surface area contributed by atoms with Gasteiger partial charge in [0.25, 0.3) is 0 Å². The van der Waals surface area contributed by atoms with Gasteiger partial charge < -0.3 is 5.73 Å². The maximum Gasteiger partial charge on any atom is 0.0551 e. The van der Waals surface area contributed by atoms with Crippen LogP contribution in [0, 0.1) is 5.92 Å². The molecule has 0 aromatic heterocycles. The fourth-order valence-electron chi connectivity index (χ4n) is 3.09. The first-order valence-electron chi connectivity index (χ1n) is 6.96. The van der Waals surface area contributed by atoms with Crippen molar-refractivity contribution in [3.8, 4) is 0 Å². The molecule has 2 N–H and O–H groups in total. The zero-order valence-electron chi connectivity index (χ0n) is 11.4. The molecule has 106 valence electrons. The van der Waals surface area contributed by atoms with Crippen LogP contribution in [0.15, 0.2) is 22.7 Å². The van der Waals surface area contributed by atoms with Crippen molar-refractivity contribution in [2.24, 2.45) is 11.7 Å². The Kier molecular flexibility index (Phi) is 5.70. The molecule has 0 radical (unpaired) electrons. The van der Waals surface area contributed by atoms with E-state index in [4.69, 9.17) is 17.3 Å². The summed E-state index contributed by atoms with van der Waals surface area (Å²) >= 11 is 9.58. The fraction of sp³-hybridized carbons (Fsp3) is 0.600. The van der Waals surface area contributed by atoms with Crippen LogP contribution in [-0.2, 0) is 6.54 Å². The van der Waals surface area contributed by atoms with Gasteiger partial charge in [0.05, 0.1) is 5.02 Å². The third-order valence-electron chi connectivity index (χ3n) is 4.15. The molecule has 1 fully saturated rings. The van der Waals surface area contributed by atoms with E-state index in [2.05, 4.69) is 33.9 Å². The first kappa shape index (κ1) is 15.3. The lowest BCUT2D eigenvalue weighted by Gasteiger charge is -2.37. The van der Waals surface area contributed by atoms with Gasteiger partial charge in [-0.1, -0.05) is 30.5 Å². The first-order valence-corrected chi connectivity index (χ1v) is 8.13. The van der Waals surface area contributed by atoms with Crippen molar-refractivity contribution in [2.45, 2.75) is 38.3 Å². The van der Waals surface area contributed by atoms with Gasteiger partial charge in [-0.25, -0.2) is 0 Å². The van der Waals surface area contributed by atoms with Gasteiger partial charge in [0, 0.05) is 17.1 Å². The van der Waals surface area contributed by atoms with Crippen LogP contribution in [0.4, 0.5) is 0 Å². The normalized spacial score (nSPS) is 23.8. The lowest BCUT2D eigenvalue weighted by atomic mass is 9.83. The summed E-state index contributed by atoms with van der Waals surface area (Å²) < 4.78 is 0.957. The minimum absolute atomic E-state index is 0.612. The molecule has 1 aliphatic rings. The lowest BCUT2D eigenvalue weighted by Crippen LogP contribution is -2.42. The van der Waals surface area contributed by atoms with Gasteiger partial charge in [0.2, 0.25) is 0 Å². The molecular formula is C15H22BrClN2. The van der Waals surface area contributed by atoms with Crippen molar-refractivity contribution >= 4 is 27.5 Å². The van der Waals surface area contributed by atoms with Gasteiger partial charge in [0.15, 0.2) is 0 Å². The van der Waals surface area contributed by atoms with Crippen molar-refractivity contribution < 1.29 is 0 Å². The summed E-state index contributed by atoms with van der Waals surface area (Å²) in [6.07, 6.45) is 5.19. The highest BCUT2D eigenvalue weighted by atomic mass is 79.9. The van der Waals surface area contributed by atoms with E-state index in [1.165, 1.54) is 31.2 Å². The second-order valence-electron chi connectivity index (χ2n) is 5.51. The molecule has 0 spiro atoms. The molecule has 2 unspecified atom stereocenters. The van der Waals surface area contributed by atoms with E-state index in [1.807, 2.05) is 12.1 Å². The number of hydrogen-bond acceptors (Lipinski definition) is 2. The van der Waals surface area contributed by atoms with Crippen molar-refractivity contribution in [1.82, 2.24) is 4.90 Å². The molecule has 19 heavy (non-hydrogen) atoms. The molecule has 4 heteroatoms. The highest BCUT2D eigenvalue weighted by molar-refractivity contribution is 9.10. The second kappa shape index (κ2) is 7.07. The quantitative estimate of drug-likeness (QED) is 0.892. The van der Waals surface area contributed by atoms with Gasteiger partial charge in [-0.2, -0.15) is 0 Å². The summed E-state index contributed by atoms with van der Waals surface area (Å²) in [7, 11) is 2.20. The monoisotopic (exact) mass is 344 g/mol. The van der Waals surface area contributed by atoms with E-state index in [1.54, 1.807) is 0 Å². The lowest BCUT2D eigenvalue weighted by molar-refractivity contribution is 0.127. The number of rotatable bonds is 4. The molecule has 1 aliphatic carbocycles. The van der Waals surface area contributed by atoms with Crippen LogP contribution in [0.5, 0.6) is 0 Å². The second-order valence-corrected chi connectivity index (χ2v) is 6.77. The molecule has 2 atom stereocenters. The topological polar surface area (TPSA) is 29.3 Å². The van der Waals surface area contributed by atoms with Crippen LogP contribution in [0.1, 0.15) is 31.2 Å². The molecule has 1 saturated carbocycles. The van der Waals surface area contributed by atoms with E-state index >= 15 is 0 Å². The minimum Gasteiger partial charge on any atom is -0.330 e. The molecule has 2 rings (SSSR count). The highest BCUT2D eigenvalue weighted by Crippen LogP contribution is 2.29. The van der Waals surface area contributed by atoms with Crippen molar-refractivity contribution in [2.75, 3.05) is 13.6 Å². The number of nitrogens with zero attached hydrogens (tertiary/aromatic N) is 1. The molecule has 0 aliphatic heterocycles. The van der Waals surface area contributed by atoms with E-state index in [0.717, 1.165) is 22.6 Å². The van der Waals surface area contributed by atoms with E-state index < -0.39 is 0 Å². The number of halogens is 2. The smallest absolute Gasteiger partial charge is 0.0551 e. The van der Waals surface area contributed by atoms with Gasteiger partial charge in [-0.15, -0.1) is 0 Å². The summed E-state index contributed by atoms with van der Waals surface area (Å²) in [6.45, 7) is 1.74. The Bertz CT molecular complexity index is 425. The van der Waals surface area contributed by atoms with Crippen LogP contribution in [0.3, 0.4) is 0 Å². The number of hydrogen-bond donors (Lipinski definition) is 1. The molecule has 0 heterocycles. The van der Waals surface area contributed by atoms with E-state index in [0.29, 0.717) is 12.0 Å². The highest BCUT2D eigenvalue weighted by Gasteiger charge is 2.27. The summed E-state index contributed by atoms with van der Waals surface area (Å²) in [4.78, 5) is 2.44. The average Bonchev–Trinajstić information content (AvgIpc) is 2.43. The predicted octanol–water partition coefficient (Wildman–Crippen LogP) is 4.05. The van der Waals surface area contributed by atoms with Crippen LogP contribution in [0.2, 0.25) is 5.02 Å². The Morgan fingerprint density at radius 2 is 2.11 bits per heavy atom. The Balaban J connectivity index is 2.02. The van der Waals surface area contributed by atoms with Gasteiger partial charge >= 0.3 is 0 Å². The zero-order chi connectivity index (χ0) is 13.8.